The van der Waals surface area contributed by atoms with Gasteiger partial charge in [0.2, 0.25) is 11.8 Å². The molecule has 2 amide bonds. The number of carbonyl (C=O) groups is 2. The molecule has 0 aliphatic carbocycles. The van der Waals surface area contributed by atoms with Gasteiger partial charge in [0.05, 0.1) is 10.9 Å². The van der Waals surface area contributed by atoms with Gasteiger partial charge >= 0.3 is 0 Å². The highest BCUT2D eigenvalue weighted by Gasteiger charge is 2.28. The zero-order valence-electron chi connectivity index (χ0n) is 12.1. The molecule has 0 bridgehead atoms. The highest BCUT2D eigenvalue weighted by Crippen LogP contribution is 2.36. The lowest BCUT2D eigenvalue weighted by atomic mass is 10.2. The average Bonchev–Trinajstić information content (AvgIpc) is 2.48. The SMILES string of the molecule is Cc1cccc(NC(=O)C[C@@H]2Sc3ccccc3NC2=O)c1. The van der Waals surface area contributed by atoms with Gasteiger partial charge in [-0.05, 0) is 36.8 Å². The molecule has 0 fully saturated rings. The van der Waals surface area contributed by atoms with Gasteiger partial charge in [0.1, 0.15) is 0 Å². The summed E-state index contributed by atoms with van der Waals surface area (Å²) in [5, 5.41) is 5.29. The smallest absolute Gasteiger partial charge is 0.238 e. The molecule has 1 aliphatic rings. The molecule has 0 unspecified atom stereocenters. The molecular weight excluding hydrogens is 296 g/mol. The van der Waals surface area contributed by atoms with E-state index in [1.807, 2.05) is 55.5 Å². The van der Waals surface area contributed by atoms with Crippen LogP contribution >= 0.6 is 11.8 Å². The topological polar surface area (TPSA) is 58.2 Å². The number of amides is 2. The van der Waals surface area contributed by atoms with Crippen molar-refractivity contribution >= 4 is 35.0 Å². The Bertz CT molecular complexity index is 730. The number of nitrogens with one attached hydrogen (secondary N) is 2. The molecule has 0 spiro atoms. The Balaban J connectivity index is 1.66. The van der Waals surface area contributed by atoms with Crippen LogP contribution in [0, 0.1) is 6.92 Å². The number of para-hydroxylation sites is 1. The number of carbonyl (C=O) groups excluding carboxylic acids is 2. The van der Waals surface area contributed by atoms with Gasteiger partial charge in [0, 0.05) is 17.0 Å². The quantitative estimate of drug-likeness (QED) is 0.913. The van der Waals surface area contributed by atoms with E-state index in [0.717, 1.165) is 21.8 Å². The third kappa shape index (κ3) is 3.31. The number of rotatable bonds is 3. The molecule has 3 rings (SSSR count). The molecular formula is C17H16N2O2S. The summed E-state index contributed by atoms with van der Waals surface area (Å²) in [6.45, 7) is 1.97. The highest BCUT2D eigenvalue weighted by atomic mass is 32.2. The van der Waals surface area contributed by atoms with Gasteiger partial charge in [-0.25, -0.2) is 0 Å². The fourth-order valence-corrected chi connectivity index (χ4v) is 3.44. The number of aryl methyl sites for hydroxylation is 1. The summed E-state index contributed by atoms with van der Waals surface area (Å²) in [6, 6.07) is 15.2. The van der Waals surface area contributed by atoms with Crippen molar-refractivity contribution in [1.82, 2.24) is 0 Å². The zero-order valence-corrected chi connectivity index (χ0v) is 12.9. The number of thioether (sulfide) groups is 1. The molecule has 5 heteroatoms. The predicted molar refractivity (Wildman–Crippen MR) is 89.1 cm³/mol. The van der Waals surface area contributed by atoms with E-state index < -0.39 is 5.25 Å². The van der Waals surface area contributed by atoms with Gasteiger partial charge in [-0.2, -0.15) is 0 Å². The summed E-state index contributed by atoms with van der Waals surface area (Å²) in [5.41, 5.74) is 2.65. The first-order chi connectivity index (χ1) is 10.6. The Kier molecular flexibility index (Phi) is 4.15. The Morgan fingerprint density at radius 1 is 1.23 bits per heavy atom. The van der Waals surface area contributed by atoms with E-state index in [9.17, 15) is 9.59 Å². The molecule has 0 radical (unpaired) electrons. The summed E-state index contributed by atoms with van der Waals surface area (Å²) >= 11 is 1.43. The summed E-state index contributed by atoms with van der Waals surface area (Å²) in [7, 11) is 0. The second-order valence-electron chi connectivity index (χ2n) is 5.21. The molecule has 22 heavy (non-hydrogen) atoms. The average molecular weight is 312 g/mol. The van der Waals surface area contributed by atoms with Crippen LogP contribution in [0.15, 0.2) is 53.4 Å². The third-order valence-corrected chi connectivity index (χ3v) is 4.65. The minimum Gasteiger partial charge on any atom is -0.326 e. The maximum Gasteiger partial charge on any atom is 0.238 e. The maximum absolute atomic E-state index is 12.1. The fraction of sp³-hybridized carbons (Fsp3) is 0.176. The van der Waals surface area contributed by atoms with Crippen molar-refractivity contribution < 1.29 is 9.59 Å². The van der Waals surface area contributed by atoms with Crippen molar-refractivity contribution in [3.8, 4) is 0 Å². The largest absolute Gasteiger partial charge is 0.326 e. The van der Waals surface area contributed by atoms with Crippen LogP contribution in [0.25, 0.3) is 0 Å². The Morgan fingerprint density at radius 2 is 2.05 bits per heavy atom. The predicted octanol–water partition coefficient (Wildman–Crippen LogP) is 3.44. The molecule has 0 saturated carbocycles. The molecule has 112 valence electrons. The molecule has 0 aromatic heterocycles. The van der Waals surface area contributed by atoms with Crippen LogP contribution in [-0.2, 0) is 9.59 Å². The standard InChI is InChI=1S/C17H16N2O2S/c1-11-5-4-6-12(9-11)18-16(20)10-15-17(21)19-13-7-2-3-8-14(13)22-15/h2-9,15H,10H2,1H3,(H,18,20)(H,19,21)/t15-/m0/s1. The molecule has 1 atom stereocenters. The Morgan fingerprint density at radius 3 is 2.86 bits per heavy atom. The van der Waals surface area contributed by atoms with Crippen molar-refractivity contribution in [2.45, 2.75) is 23.5 Å². The molecule has 2 N–H and O–H groups in total. The highest BCUT2D eigenvalue weighted by molar-refractivity contribution is 8.01. The van der Waals surface area contributed by atoms with E-state index in [0.29, 0.717) is 0 Å². The third-order valence-electron chi connectivity index (χ3n) is 3.38. The van der Waals surface area contributed by atoms with E-state index in [4.69, 9.17) is 0 Å². The lowest BCUT2D eigenvalue weighted by Gasteiger charge is -2.23. The first-order valence-corrected chi connectivity index (χ1v) is 7.93. The Labute approximate surface area is 133 Å². The van der Waals surface area contributed by atoms with E-state index >= 15 is 0 Å². The van der Waals surface area contributed by atoms with Gasteiger partial charge < -0.3 is 10.6 Å². The summed E-state index contributed by atoms with van der Waals surface area (Å²) in [5.74, 6) is -0.277. The lowest BCUT2D eigenvalue weighted by Crippen LogP contribution is -2.32. The van der Waals surface area contributed by atoms with E-state index in [1.54, 1.807) is 0 Å². The van der Waals surface area contributed by atoms with Gasteiger partial charge in [-0.15, -0.1) is 11.8 Å². The first-order valence-electron chi connectivity index (χ1n) is 7.05. The summed E-state index contributed by atoms with van der Waals surface area (Å²) in [4.78, 5) is 25.2. The van der Waals surface area contributed by atoms with Crippen LogP contribution in [0.1, 0.15) is 12.0 Å². The minimum atomic E-state index is -0.403. The van der Waals surface area contributed by atoms with Crippen molar-refractivity contribution in [2.24, 2.45) is 0 Å². The number of fused-ring (bicyclic) bond motifs is 1. The van der Waals surface area contributed by atoms with E-state index in [-0.39, 0.29) is 18.2 Å². The Hall–Kier alpha value is -2.27. The van der Waals surface area contributed by atoms with Gasteiger partial charge in [-0.1, -0.05) is 24.3 Å². The normalized spacial score (nSPS) is 16.6. The molecule has 2 aromatic carbocycles. The van der Waals surface area contributed by atoms with E-state index in [1.165, 1.54) is 11.8 Å². The number of hydrogen-bond donors (Lipinski definition) is 2. The first kappa shape index (κ1) is 14.7. The monoisotopic (exact) mass is 312 g/mol. The van der Waals surface area contributed by atoms with Crippen LogP contribution < -0.4 is 10.6 Å². The maximum atomic E-state index is 12.1. The van der Waals surface area contributed by atoms with Gasteiger partial charge in [-0.3, -0.25) is 9.59 Å². The van der Waals surface area contributed by atoms with Crippen molar-refractivity contribution in [2.75, 3.05) is 10.6 Å². The zero-order chi connectivity index (χ0) is 15.5. The minimum absolute atomic E-state index is 0.122. The van der Waals surface area contributed by atoms with Crippen molar-refractivity contribution in [1.29, 1.82) is 0 Å². The second-order valence-corrected chi connectivity index (χ2v) is 6.46. The molecule has 4 nitrogen and oxygen atoms in total. The fourth-order valence-electron chi connectivity index (χ4n) is 2.33. The molecule has 0 saturated heterocycles. The van der Waals surface area contributed by atoms with Crippen LogP contribution in [-0.4, -0.2) is 17.1 Å². The van der Waals surface area contributed by atoms with Crippen LogP contribution in [0.2, 0.25) is 0 Å². The lowest BCUT2D eigenvalue weighted by molar-refractivity contribution is -0.120. The van der Waals surface area contributed by atoms with Crippen LogP contribution in [0.3, 0.4) is 0 Å². The molecule has 1 aliphatic heterocycles. The number of benzene rings is 2. The van der Waals surface area contributed by atoms with Crippen LogP contribution in [0.4, 0.5) is 11.4 Å². The van der Waals surface area contributed by atoms with Crippen molar-refractivity contribution in [3.05, 3.63) is 54.1 Å². The number of hydrogen-bond acceptors (Lipinski definition) is 3. The molecule has 1 heterocycles. The van der Waals surface area contributed by atoms with Crippen molar-refractivity contribution in [3.63, 3.8) is 0 Å². The summed E-state index contributed by atoms with van der Waals surface area (Å²) < 4.78 is 0. The molecule has 2 aromatic rings. The second kappa shape index (κ2) is 6.23. The number of anilines is 2. The van der Waals surface area contributed by atoms with Gasteiger partial charge in [0.15, 0.2) is 0 Å². The van der Waals surface area contributed by atoms with Crippen LogP contribution in [0.5, 0.6) is 0 Å². The van der Waals surface area contributed by atoms with E-state index in [2.05, 4.69) is 10.6 Å². The van der Waals surface area contributed by atoms with Gasteiger partial charge in [0.25, 0.3) is 0 Å². The summed E-state index contributed by atoms with van der Waals surface area (Å²) in [6.07, 6.45) is 0.152.